The summed E-state index contributed by atoms with van der Waals surface area (Å²) in [6.45, 7) is 4.50. The first-order valence-corrected chi connectivity index (χ1v) is 5.25. The van der Waals surface area contributed by atoms with Crippen molar-refractivity contribution in [1.29, 1.82) is 0 Å². The predicted molar refractivity (Wildman–Crippen MR) is 57.5 cm³/mol. The summed E-state index contributed by atoms with van der Waals surface area (Å²) in [5.74, 6) is -0.0440. The summed E-state index contributed by atoms with van der Waals surface area (Å²) in [7, 11) is 0. The monoisotopic (exact) mass is 205 g/mol. The van der Waals surface area contributed by atoms with E-state index in [1.54, 1.807) is 0 Å². The largest absolute Gasteiger partial charge is 0.369 e. The van der Waals surface area contributed by atoms with Gasteiger partial charge in [0.15, 0.2) is 6.23 Å². The molecule has 1 amide bonds. The maximum absolute atomic E-state index is 12.0. The van der Waals surface area contributed by atoms with Crippen molar-refractivity contribution in [3.8, 4) is 0 Å². The molecule has 1 aliphatic heterocycles. The predicted octanol–water partition coefficient (Wildman–Crippen LogP) is 1.85. The van der Waals surface area contributed by atoms with Crippen LogP contribution in [0.2, 0.25) is 0 Å². The molecular weight excluding hydrogens is 190 g/mol. The first-order valence-electron chi connectivity index (χ1n) is 5.25. The van der Waals surface area contributed by atoms with Crippen LogP contribution in [0.4, 0.5) is 0 Å². The molecule has 0 aromatic heterocycles. The fraction of sp³-hybridized carbons (Fsp3) is 0.417. The molecule has 3 heteroatoms. The van der Waals surface area contributed by atoms with E-state index >= 15 is 0 Å². The second-order valence-electron chi connectivity index (χ2n) is 3.91. The number of hydrogen-bond acceptors (Lipinski definition) is 2. The van der Waals surface area contributed by atoms with Crippen molar-refractivity contribution in [3.63, 3.8) is 0 Å². The van der Waals surface area contributed by atoms with Gasteiger partial charge in [-0.3, -0.25) is 4.79 Å². The number of nitrogens with zero attached hydrogens (tertiary/aromatic N) is 1. The molecule has 0 spiro atoms. The Morgan fingerprint density at radius 2 is 2.20 bits per heavy atom. The number of amides is 1. The van der Waals surface area contributed by atoms with Crippen molar-refractivity contribution < 1.29 is 9.90 Å². The third-order valence-corrected chi connectivity index (χ3v) is 2.82. The summed E-state index contributed by atoms with van der Waals surface area (Å²) >= 11 is 0. The number of fused-ring (bicyclic) bond motifs is 1. The molecule has 0 saturated carbocycles. The molecule has 3 nitrogen and oxygen atoms in total. The molecule has 1 unspecified atom stereocenters. The average molecular weight is 205 g/mol. The molecule has 80 valence electrons. The molecule has 0 bridgehead atoms. The topological polar surface area (TPSA) is 40.5 Å². The number of rotatable bonds is 2. The first-order chi connectivity index (χ1) is 7.16. The minimum Gasteiger partial charge on any atom is -0.369 e. The lowest BCUT2D eigenvalue weighted by Crippen LogP contribution is -2.28. The SMILES string of the molecule is CCCN1C(=O)c2c(C)cccc2C1O. The Balaban J connectivity index is 2.46. The van der Waals surface area contributed by atoms with E-state index in [2.05, 4.69) is 0 Å². The van der Waals surface area contributed by atoms with Gasteiger partial charge in [0, 0.05) is 12.1 Å². The van der Waals surface area contributed by atoms with Gasteiger partial charge in [-0.15, -0.1) is 0 Å². The fourth-order valence-corrected chi connectivity index (χ4v) is 2.09. The normalized spacial score (nSPS) is 19.5. The van der Waals surface area contributed by atoms with Crippen molar-refractivity contribution in [2.24, 2.45) is 0 Å². The highest BCUT2D eigenvalue weighted by molar-refractivity contribution is 6.00. The lowest BCUT2D eigenvalue weighted by atomic mass is 10.0. The van der Waals surface area contributed by atoms with Gasteiger partial charge in [0.2, 0.25) is 0 Å². The number of hydrogen-bond donors (Lipinski definition) is 1. The second-order valence-corrected chi connectivity index (χ2v) is 3.91. The van der Waals surface area contributed by atoms with Crippen molar-refractivity contribution in [2.45, 2.75) is 26.5 Å². The second kappa shape index (κ2) is 3.66. The molecule has 1 aromatic carbocycles. The Morgan fingerprint density at radius 1 is 1.47 bits per heavy atom. The molecule has 1 atom stereocenters. The van der Waals surface area contributed by atoms with Crippen LogP contribution in [0.3, 0.4) is 0 Å². The average Bonchev–Trinajstić information content (AvgIpc) is 2.45. The number of aliphatic hydroxyl groups excluding tert-OH is 1. The Bertz CT molecular complexity index is 401. The van der Waals surface area contributed by atoms with Crippen LogP contribution in [0.5, 0.6) is 0 Å². The maximum Gasteiger partial charge on any atom is 0.256 e. The summed E-state index contributed by atoms with van der Waals surface area (Å²) in [6.07, 6.45) is 0.0999. The lowest BCUT2D eigenvalue weighted by Gasteiger charge is -2.19. The van der Waals surface area contributed by atoms with Gasteiger partial charge in [-0.25, -0.2) is 0 Å². The molecule has 0 aliphatic carbocycles. The highest BCUT2D eigenvalue weighted by Crippen LogP contribution is 2.33. The highest BCUT2D eigenvalue weighted by atomic mass is 16.3. The van der Waals surface area contributed by atoms with E-state index in [1.165, 1.54) is 4.90 Å². The van der Waals surface area contributed by atoms with Gasteiger partial charge in [0.25, 0.3) is 5.91 Å². The van der Waals surface area contributed by atoms with Gasteiger partial charge in [-0.2, -0.15) is 0 Å². The quantitative estimate of drug-likeness (QED) is 0.800. The Labute approximate surface area is 89.3 Å². The van der Waals surface area contributed by atoms with Crippen LogP contribution in [0.25, 0.3) is 0 Å². The molecule has 15 heavy (non-hydrogen) atoms. The van der Waals surface area contributed by atoms with Crippen LogP contribution < -0.4 is 0 Å². The third-order valence-electron chi connectivity index (χ3n) is 2.82. The van der Waals surface area contributed by atoms with E-state index in [0.29, 0.717) is 12.1 Å². The van der Waals surface area contributed by atoms with Crippen molar-refractivity contribution in [1.82, 2.24) is 4.90 Å². The molecular formula is C12H15NO2. The van der Waals surface area contributed by atoms with E-state index in [4.69, 9.17) is 0 Å². The summed E-state index contributed by atoms with van der Waals surface area (Å²) in [6, 6.07) is 5.60. The van der Waals surface area contributed by atoms with Crippen LogP contribution >= 0.6 is 0 Å². The van der Waals surface area contributed by atoms with Crippen LogP contribution in [-0.2, 0) is 0 Å². The molecule has 0 saturated heterocycles. The zero-order valence-corrected chi connectivity index (χ0v) is 9.03. The zero-order valence-electron chi connectivity index (χ0n) is 9.03. The molecule has 0 fully saturated rings. The van der Waals surface area contributed by atoms with E-state index in [-0.39, 0.29) is 5.91 Å². The van der Waals surface area contributed by atoms with Gasteiger partial charge in [0.05, 0.1) is 5.56 Å². The first kappa shape index (κ1) is 10.2. The minimum absolute atomic E-state index is 0.0440. The van der Waals surface area contributed by atoms with Gasteiger partial charge in [-0.1, -0.05) is 25.1 Å². The van der Waals surface area contributed by atoms with Gasteiger partial charge in [0.1, 0.15) is 0 Å². The van der Waals surface area contributed by atoms with E-state index < -0.39 is 6.23 Å². The van der Waals surface area contributed by atoms with E-state index in [1.807, 2.05) is 32.0 Å². The molecule has 2 rings (SSSR count). The molecule has 1 heterocycles. The van der Waals surface area contributed by atoms with E-state index in [9.17, 15) is 9.90 Å². The van der Waals surface area contributed by atoms with Gasteiger partial charge >= 0.3 is 0 Å². The van der Waals surface area contributed by atoms with Crippen molar-refractivity contribution >= 4 is 5.91 Å². The molecule has 1 N–H and O–H groups in total. The van der Waals surface area contributed by atoms with Crippen molar-refractivity contribution in [2.75, 3.05) is 6.54 Å². The third kappa shape index (κ3) is 1.43. The standard InChI is InChI=1S/C12H15NO2/c1-3-7-13-11(14)9-6-4-5-8(2)10(9)12(13)15/h4-6,11,14H,3,7H2,1-2H3. The summed E-state index contributed by atoms with van der Waals surface area (Å²) < 4.78 is 0. The Kier molecular flexibility index (Phi) is 2.49. The van der Waals surface area contributed by atoms with E-state index in [0.717, 1.165) is 17.5 Å². The number of carbonyl (C=O) groups is 1. The van der Waals surface area contributed by atoms with Crippen LogP contribution in [-0.4, -0.2) is 22.5 Å². The number of carbonyl (C=O) groups excluding carboxylic acids is 1. The number of benzene rings is 1. The Hall–Kier alpha value is -1.35. The summed E-state index contributed by atoms with van der Waals surface area (Å²) in [4.78, 5) is 13.5. The van der Waals surface area contributed by atoms with Crippen LogP contribution in [0.15, 0.2) is 18.2 Å². The number of aryl methyl sites for hydroxylation is 1. The Morgan fingerprint density at radius 3 is 2.80 bits per heavy atom. The maximum atomic E-state index is 12.0. The fourth-order valence-electron chi connectivity index (χ4n) is 2.09. The van der Waals surface area contributed by atoms with Crippen LogP contribution in [0.1, 0.15) is 41.1 Å². The summed E-state index contributed by atoms with van der Waals surface area (Å²) in [5, 5.41) is 9.97. The molecule has 1 aromatic rings. The van der Waals surface area contributed by atoms with Gasteiger partial charge < -0.3 is 10.0 Å². The van der Waals surface area contributed by atoms with Crippen molar-refractivity contribution in [3.05, 3.63) is 34.9 Å². The molecule has 0 radical (unpaired) electrons. The van der Waals surface area contributed by atoms with Crippen LogP contribution in [0, 0.1) is 6.92 Å². The molecule has 1 aliphatic rings. The lowest BCUT2D eigenvalue weighted by molar-refractivity contribution is 0.0177. The minimum atomic E-state index is -0.757. The van der Waals surface area contributed by atoms with Gasteiger partial charge in [-0.05, 0) is 18.9 Å². The summed E-state index contributed by atoms with van der Waals surface area (Å²) in [5.41, 5.74) is 2.36. The zero-order chi connectivity index (χ0) is 11.0. The highest BCUT2D eigenvalue weighted by Gasteiger charge is 2.35. The smallest absolute Gasteiger partial charge is 0.256 e. The number of aliphatic hydroxyl groups is 1.